The molecule has 3 aliphatic heterocycles. The van der Waals surface area contributed by atoms with Gasteiger partial charge in [-0.2, -0.15) is 0 Å². The maximum Gasteiger partial charge on any atom is 0.303 e. The number of hydrogen-bond acceptors (Lipinski definition) is 5. The number of benzene rings is 2. The molecule has 2 aromatic carbocycles. The molecule has 4 heterocycles. The lowest BCUT2D eigenvalue weighted by atomic mass is 9.73. The molecule has 0 spiro atoms. The van der Waals surface area contributed by atoms with Gasteiger partial charge in [0.15, 0.2) is 0 Å². The number of piperidine rings is 3. The number of esters is 1. The molecular weight excluding hydrogens is 436 g/mol. The van der Waals surface area contributed by atoms with Gasteiger partial charge < -0.3 is 9.47 Å². The van der Waals surface area contributed by atoms with Crippen LogP contribution in [0.3, 0.4) is 0 Å². The summed E-state index contributed by atoms with van der Waals surface area (Å²) in [5.74, 6) is 7.89. The average molecular weight is 467 g/mol. The molecule has 0 amide bonds. The molecule has 1 unspecified atom stereocenters. The monoisotopic (exact) mass is 466 g/mol. The highest BCUT2D eigenvalue weighted by molar-refractivity contribution is 5.84. The normalized spacial score (nSPS) is 24.1. The van der Waals surface area contributed by atoms with E-state index in [0.29, 0.717) is 11.8 Å². The van der Waals surface area contributed by atoms with Crippen molar-refractivity contribution in [2.45, 2.75) is 31.9 Å². The Labute approximate surface area is 206 Å². The van der Waals surface area contributed by atoms with Crippen LogP contribution in [-0.2, 0) is 9.53 Å². The van der Waals surface area contributed by atoms with Crippen LogP contribution in [-0.4, -0.2) is 42.1 Å². The molecule has 5 nitrogen and oxygen atoms in total. The minimum absolute atomic E-state index is 0.134. The fraction of sp³-hybridized carbons (Fsp3) is 0.333. The van der Waals surface area contributed by atoms with Gasteiger partial charge in [0.25, 0.3) is 0 Å². The molecule has 0 radical (unpaired) electrons. The molecule has 0 N–H and O–H groups in total. The van der Waals surface area contributed by atoms with Gasteiger partial charge >= 0.3 is 5.97 Å². The fourth-order valence-corrected chi connectivity index (χ4v) is 5.51. The molecule has 178 valence electrons. The highest BCUT2D eigenvalue weighted by Gasteiger charge is 2.44. The number of hydrogen-bond donors (Lipinski definition) is 0. The van der Waals surface area contributed by atoms with Crippen molar-refractivity contribution in [1.29, 1.82) is 0 Å². The maximum atomic E-state index is 12.2. The first-order chi connectivity index (χ1) is 17.1. The van der Waals surface area contributed by atoms with Crippen LogP contribution in [0.2, 0.25) is 0 Å². The van der Waals surface area contributed by atoms with Gasteiger partial charge in [-0.05, 0) is 73.7 Å². The van der Waals surface area contributed by atoms with E-state index in [1.165, 1.54) is 6.92 Å². The number of nitrogens with zero attached hydrogens (tertiary/aromatic N) is 2. The SMILES string of the molecule is COc1ccc2nccc([C@H](OC(C)=O)[C@H]3C[C@@H]4CCN3C[C@@H]4/C=C/C#Cc3ccccc3)c2c1. The Morgan fingerprint density at radius 3 is 2.80 bits per heavy atom. The number of carbonyl (C=O) groups is 1. The lowest BCUT2D eigenvalue weighted by molar-refractivity contribution is -0.154. The molecule has 3 aliphatic rings. The van der Waals surface area contributed by atoms with E-state index in [1.807, 2.05) is 60.7 Å². The Morgan fingerprint density at radius 1 is 1.20 bits per heavy atom. The summed E-state index contributed by atoms with van der Waals surface area (Å²) >= 11 is 0. The summed E-state index contributed by atoms with van der Waals surface area (Å²) in [6.07, 6.45) is 7.84. The second kappa shape index (κ2) is 10.3. The van der Waals surface area contributed by atoms with Gasteiger partial charge in [-0.3, -0.25) is 14.7 Å². The summed E-state index contributed by atoms with van der Waals surface area (Å²) in [5, 5.41) is 0.966. The van der Waals surface area contributed by atoms with Gasteiger partial charge in [0, 0.05) is 36.2 Å². The van der Waals surface area contributed by atoms with Crippen LogP contribution in [0.25, 0.3) is 10.9 Å². The number of pyridine rings is 1. The largest absolute Gasteiger partial charge is 0.497 e. The summed E-state index contributed by atoms with van der Waals surface area (Å²) in [7, 11) is 1.66. The highest BCUT2D eigenvalue weighted by atomic mass is 16.5. The van der Waals surface area contributed by atoms with E-state index < -0.39 is 0 Å². The molecular formula is C30H30N2O3. The van der Waals surface area contributed by atoms with Gasteiger partial charge in [0.1, 0.15) is 11.9 Å². The Hall–Kier alpha value is -3.62. The molecule has 2 bridgehead atoms. The minimum atomic E-state index is -0.351. The zero-order valence-electron chi connectivity index (χ0n) is 20.2. The van der Waals surface area contributed by atoms with Gasteiger partial charge in [-0.25, -0.2) is 0 Å². The van der Waals surface area contributed by atoms with Crippen LogP contribution < -0.4 is 4.74 Å². The van der Waals surface area contributed by atoms with Crippen LogP contribution in [0.15, 0.2) is 72.9 Å². The fourth-order valence-electron chi connectivity index (χ4n) is 5.51. The Balaban J connectivity index is 1.38. The number of aromatic nitrogens is 1. The standard InChI is InChI=1S/C30H30N2O3/c1-21(33)35-30(26-14-16-31-28-13-12-25(34-2)19-27(26)28)29-18-23-15-17-32(29)20-24(23)11-7-6-10-22-8-4-3-5-9-22/h3-5,7-9,11-14,16,19,23-24,29-30H,15,17-18,20H2,1-2H3/b11-7+/t23-,24-,29+,30-/m0/s1. The smallest absolute Gasteiger partial charge is 0.303 e. The summed E-state index contributed by atoms with van der Waals surface area (Å²) in [6.45, 7) is 3.45. The van der Waals surface area contributed by atoms with Crippen LogP contribution in [0.4, 0.5) is 0 Å². The molecule has 1 aromatic heterocycles. The van der Waals surface area contributed by atoms with E-state index in [-0.39, 0.29) is 18.1 Å². The molecule has 0 aliphatic carbocycles. The van der Waals surface area contributed by atoms with E-state index in [2.05, 4.69) is 27.8 Å². The van der Waals surface area contributed by atoms with Crippen LogP contribution in [0.5, 0.6) is 5.75 Å². The molecule has 0 saturated carbocycles. The minimum Gasteiger partial charge on any atom is -0.497 e. The van der Waals surface area contributed by atoms with Gasteiger partial charge in [-0.1, -0.05) is 36.1 Å². The quantitative estimate of drug-likeness (QED) is 0.384. The van der Waals surface area contributed by atoms with E-state index in [1.54, 1.807) is 13.3 Å². The van der Waals surface area contributed by atoms with Gasteiger partial charge in [0.2, 0.25) is 0 Å². The first-order valence-electron chi connectivity index (χ1n) is 12.2. The number of rotatable bonds is 5. The van der Waals surface area contributed by atoms with Crippen molar-refractivity contribution in [3.8, 4) is 17.6 Å². The van der Waals surface area contributed by atoms with Crippen LogP contribution >= 0.6 is 0 Å². The summed E-state index contributed by atoms with van der Waals surface area (Å²) in [4.78, 5) is 19.2. The summed E-state index contributed by atoms with van der Waals surface area (Å²) < 4.78 is 11.5. The first kappa shape index (κ1) is 23.1. The predicted molar refractivity (Wildman–Crippen MR) is 137 cm³/mol. The van der Waals surface area contributed by atoms with Crippen molar-refractivity contribution in [1.82, 2.24) is 9.88 Å². The third kappa shape index (κ3) is 5.08. The van der Waals surface area contributed by atoms with Crippen molar-refractivity contribution in [2.75, 3.05) is 20.2 Å². The van der Waals surface area contributed by atoms with E-state index >= 15 is 0 Å². The van der Waals surface area contributed by atoms with Crippen molar-refractivity contribution in [3.05, 3.63) is 84.1 Å². The first-order valence-corrected chi connectivity index (χ1v) is 12.2. The Kier molecular flexibility index (Phi) is 6.83. The Morgan fingerprint density at radius 2 is 2.06 bits per heavy atom. The lowest BCUT2D eigenvalue weighted by Crippen LogP contribution is -2.55. The van der Waals surface area contributed by atoms with Crippen molar-refractivity contribution >= 4 is 16.9 Å². The summed E-state index contributed by atoms with van der Waals surface area (Å²) in [6, 6.07) is 18.0. The van der Waals surface area contributed by atoms with Crippen LogP contribution in [0.1, 0.15) is 37.0 Å². The molecule has 5 heteroatoms. The third-order valence-electron chi connectivity index (χ3n) is 7.20. The van der Waals surface area contributed by atoms with Gasteiger partial charge in [0.05, 0.1) is 18.7 Å². The van der Waals surface area contributed by atoms with Crippen LogP contribution in [0, 0.1) is 23.7 Å². The summed E-state index contributed by atoms with van der Waals surface area (Å²) in [5.41, 5.74) is 2.88. The molecule has 3 aromatic rings. The van der Waals surface area contributed by atoms with Gasteiger partial charge in [-0.15, -0.1) is 0 Å². The number of methoxy groups -OCH3 is 1. The maximum absolute atomic E-state index is 12.2. The number of allylic oxidation sites excluding steroid dienone is 1. The zero-order chi connectivity index (χ0) is 24.2. The molecule has 35 heavy (non-hydrogen) atoms. The van der Waals surface area contributed by atoms with E-state index in [0.717, 1.165) is 53.7 Å². The Bertz CT molecular complexity index is 1290. The second-order valence-corrected chi connectivity index (χ2v) is 9.32. The van der Waals surface area contributed by atoms with Crippen molar-refractivity contribution < 1.29 is 14.3 Å². The van der Waals surface area contributed by atoms with E-state index in [9.17, 15) is 4.79 Å². The van der Waals surface area contributed by atoms with E-state index in [4.69, 9.17) is 9.47 Å². The lowest BCUT2D eigenvalue weighted by Gasteiger charge is -2.51. The number of fused-ring (bicyclic) bond motifs is 4. The molecule has 6 rings (SSSR count). The number of ether oxygens (including phenoxy) is 2. The second-order valence-electron chi connectivity index (χ2n) is 9.32. The zero-order valence-corrected chi connectivity index (χ0v) is 20.2. The molecule has 5 atom stereocenters. The number of carbonyl (C=O) groups excluding carboxylic acids is 1. The highest BCUT2D eigenvalue weighted by Crippen LogP contribution is 2.43. The van der Waals surface area contributed by atoms with Crippen molar-refractivity contribution in [3.63, 3.8) is 0 Å². The topological polar surface area (TPSA) is 51.7 Å². The van der Waals surface area contributed by atoms with Crippen molar-refractivity contribution in [2.24, 2.45) is 11.8 Å². The molecule has 3 fully saturated rings. The third-order valence-corrected chi connectivity index (χ3v) is 7.20. The predicted octanol–water partition coefficient (Wildman–Crippen LogP) is 5.17. The molecule has 3 saturated heterocycles. The average Bonchev–Trinajstić information content (AvgIpc) is 2.90.